The van der Waals surface area contributed by atoms with E-state index >= 15 is 0 Å². The molecule has 0 unspecified atom stereocenters. The summed E-state index contributed by atoms with van der Waals surface area (Å²) in [5.74, 6) is -1.10. The Morgan fingerprint density at radius 2 is 1.82 bits per heavy atom. The summed E-state index contributed by atoms with van der Waals surface area (Å²) in [7, 11) is 2.61. The number of methoxy groups -OCH3 is 2. The largest absolute Gasteiger partial charge is 0.488 e. The van der Waals surface area contributed by atoms with E-state index in [1.807, 2.05) is 0 Å². The van der Waals surface area contributed by atoms with E-state index in [0.29, 0.717) is 12.2 Å². The molecule has 1 saturated heterocycles. The van der Waals surface area contributed by atoms with Crippen molar-refractivity contribution in [2.45, 2.75) is 82.9 Å². The van der Waals surface area contributed by atoms with Gasteiger partial charge in [0.25, 0.3) is 0 Å². The zero-order valence-electron chi connectivity index (χ0n) is 23.7. The average Bonchev–Trinajstić information content (AvgIpc) is 3.60. The minimum Gasteiger partial charge on any atom is -0.488 e. The lowest BCUT2D eigenvalue weighted by Crippen LogP contribution is -2.44. The van der Waals surface area contributed by atoms with Crippen LogP contribution in [0.5, 0.6) is 5.75 Å². The number of unbranched alkanes of at least 4 members (excludes halogenated alkanes) is 3. The Kier molecular flexibility index (Phi) is 10.2. The minimum absolute atomic E-state index is 0.135. The molecule has 218 valence electrons. The van der Waals surface area contributed by atoms with Crippen LogP contribution >= 0.6 is 0 Å². The first-order valence-corrected chi connectivity index (χ1v) is 13.4. The predicted octanol–water partition coefficient (Wildman–Crippen LogP) is 3.97. The molecular weight excluding hydrogens is 520 g/mol. The van der Waals surface area contributed by atoms with Gasteiger partial charge in [0.15, 0.2) is 0 Å². The van der Waals surface area contributed by atoms with Gasteiger partial charge >= 0.3 is 17.8 Å². The van der Waals surface area contributed by atoms with Gasteiger partial charge in [-0.05, 0) is 47.9 Å². The maximum absolute atomic E-state index is 13.9. The van der Waals surface area contributed by atoms with E-state index in [-0.39, 0.29) is 30.7 Å². The van der Waals surface area contributed by atoms with Gasteiger partial charge in [0.2, 0.25) is 12.2 Å². The van der Waals surface area contributed by atoms with Crippen molar-refractivity contribution in [1.29, 1.82) is 0 Å². The second kappa shape index (κ2) is 13.4. The van der Waals surface area contributed by atoms with Crippen molar-refractivity contribution < 1.29 is 33.5 Å². The number of hydrogen-bond acceptors (Lipinski definition) is 9. The van der Waals surface area contributed by atoms with E-state index in [4.69, 9.17) is 14.2 Å². The summed E-state index contributed by atoms with van der Waals surface area (Å²) in [6.07, 6.45) is 6.38. The third-order valence-corrected chi connectivity index (χ3v) is 7.34. The van der Waals surface area contributed by atoms with Crippen LogP contribution in [0.2, 0.25) is 0 Å². The summed E-state index contributed by atoms with van der Waals surface area (Å²) in [4.78, 5) is 54.6. The van der Waals surface area contributed by atoms with Crippen molar-refractivity contribution >= 4 is 23.7 Å². The Morgan fingerprint density at radius 3 is 2.40 bits per heavy atom. The minimum atomic E-state index is -0.864. The van der Waals surface area contributed by atoms with Gasteiger partial charge in [0.1, 0.15) is 30.1 Å². The van der Waals surface area contributed by atoms with E-state index in [0.717, 1.165) is 31.2 Å². The Labute approximate surface area is 233 Å². The number of carbonyl (C=O) groups is 3. The second-order valence-corrected chi connectivity index (χ2v) is 10.4. The Bertz CT molecular complexity index is 1190. The molecule has 2 heterocycles. The Balaban J connectivity index is 1.80. The van der Waals surface area contributed by atoms with Crippen LogP contribution in [0.15, 0.2) is 36.8 Å². The lowest BCUT2D eigenvalue weighted by atomic mass is 9.85. The summed E-state index contributed by atoms with van der Waals surface area (Å²) in [6.45, 7) is 5.75. The second-order valence-electron chi connectivity index (χ2n) is 10.4. The zero-order valence-corrected chi connectivity index (χ0v) is 23.7. The molecule has 1 aliphatic rings. The van der Waals surface area contributed by atoms with Gasteiger partial charge in [0.05, 0.1) is 26.2 Å². The van der Waals surface area contributed by atoms with Crippen molar-refractivity contribution in [2.75, 3.05) is 20.8 Å². The molecule has 12 heteroatoms. The predicted molar refractivity (Wildman–Crippen MR) is 145 cm³/mol. The number of ether oxygens (including phenoxy) is 3. The number of nitrogens with zero attached hydrogens (tertiary/aromatic N) is 4. The fourth-order valence-corrected chi connectivity index (χ4v) is 4.95. The van der Waals surface area contributed by atoms with Crippen molar-refractivity contribution in [3.05, 3.63) is 52.5 Å². The smallest absolute Gasteiger partial charge is 0.381 e. The summed E-state index contributed by atoms with van der Waals surface area (Å²) in [6, 6.07) is 5.40. The Morgan fingerprint density at radius 1 is 1.12 bits per heavy atom. The number of nitro groups is 1. The zero-order chi connectivity index (χ0) is 29.4. The molecule has 0 saturated carbocycles. The van der Waals surface area contributed by atoms with Crippen molar-refractivity contribution in [3.8, 4) is 5.75 Å². The first kappa shape index (κ1) is 30.6. The topological polar surface area (TPSA) is 143 Å². The first-order valence-electron chi connectivity index (χ1n) is 13.4. The van der Waals surface area contributed by atoms with Crippen molar-refractivity contribution in [1.82, 2.24) is 14.5 Å². The highest BCUT2D eigenvalue weighted by molar-refractivity contribution is 5.87. The number of rotatable bonds is 13. The normalized spacial score (nSPS) is 17.8. The molecule has 3 rings (SSSR count). The monoisotopic (exact) mass is 558 g/mol. The van der Waals surface area contributed by atoms with E-state index in [2.05, 4.69) is 11.9 Å². The quantitative estimate of drug-likeness (QED) is 0.154. The number of likely N-dealkylation sites (tertiary alicyclic amines) is 1. The molecule has 40 heavy (non-hydrogen) atoms. The summed E-state index contributed by atoms with van der Waals surface area (Å²) >= 11 is 0. The lowest BCUT2D eigenvalue weighted by Gasteiger charge is -2.27. The van der Waals surface area contributed by atoms with Crippen LogP contribution in [0.1, 0.15) is 70.9 Å². The SMILES string of the molecule is CCCCCC[C@@H](C(=O)N1C[C@@H](Oc2ccc(C(C)(C)C(=O)OC)cc2)C[C@H]1C(=O)OC)n1cnc([N+](=O)[O-])c1. The molecule has 0 N–H and O–H groups in total. The molecule has 0 aliphatic carbocycles. The number of imidazole rings is 1. The van der Waals surface area contributed by atoms with E-state index in [1.54, 1.807) is 38.1 Å². The molecule has 1 aromatic heterocycles. The third kappa shape index (κ3) is 6.97. The average molecular weight is 559 g/mol. The van der Waals surface area contributed by atoms with Gasteiger partial charge in [-0.1, -0.05) is 44.7 Å². The van der Waals surface area contributed by atoms with E-state index in [9.17, 15) is 24.5 Å². The highest BCUT2D eigenvalue weighted by atomic mass is 16.6. The number of amides is 1. The first-order chi connectivity index (χ1) is 19.0. The molecule has 1 fully saturated rings. The van der Waals surface area contributed by atoms with Crippen LogP contribution in [0.3, 0.4) is 0 Å². The maximum atomic E-state index is 13.9. The standard InChI is InChI=1S/C28H38N4O8/c1-6-7-8-9-10-22(30-17-24(29-18-30)32(36)37)25(33)31-16-21(15-23(31)26(34)38-4)40-20-13-11-19(12-14-20)28(2,3)27(35)39-5/h11-14,17-18,21-23H,6-10,15-16H2,1-5H3/t21-,22-,23-/m0/s1. The lowest BCUT2D eigenvalue weighted by molar-refractivity contribution is -0.389. The van der Waals surface area contributed by atoms with Crippen LogP contribution in [-0.2, 0) is 29.3 Å². The molecule has 1 aromatic carbocycles. The number of esters is 2. The van der Waals surface area contributed by atoms with Gasteiger partial charge in [-0.25, -0.2) is 4.79 Å². The fraction of sp³-hybridized carbons (Fsp3) is 0.571. The van der Waals surface area contributed by atoms with Crippen molar-refractivity contribution in [3.63, 3.8) is 0 Å². The molecule has 12 nitrogen and oxygen atoms in total. The van der Waals surface area contributed by atoms with Gasteiger partial charge in [-0.2, -0.15) is 0 Å². The fourth-order valence-electron chi connectivity index (χ4n) is 4.95. The highest BCUT2D eigenvalue weighted by Gasteiger charge is 2.44. The number of aromatic nitrogens is 2. The molecule has 1 aliphatic heterocycles. The molecular formula is C28H38N4O8. The van der Waals surface area contributed by atoms with Crippen molar-refractivity contribution in [2.24, 2.45) is 0 Å². The van der Waals surface area contributed by atoms with Gasteiger partial charge in [-0.15, -0.1) is 0 Å². The summed E-state index contributed by atoms with van der Waals surface area (Å²) < 4.78 is 17.5. The van der Waals surface area contributed by atoms with Crippen LogP contribution in [0, 0.1) is 10.1 Å². The molecule has 3 atom stereocenters. The molecule has 1 amide bonds. The molecule has 2 aromatic rings. The van der Waals surface area contributed by atoms with Crippen LogP contribution < -0.4 is 4.74 Å². The van der Waals surface area contributed by atoms with E-state index in [1.165, 1.54) is 36.2 Å². The summed E-state index contributed by atoms with van der Waals surface area (Å²) in [5.41, 5.74) is -0.0864. The highest BCUT2D eigenvalue weighted by Crippen LogP contribution is 2.31. The van der Waals surface area contributed by atoms with Crippen LogP contribution in [-0.4, -0.2) is 70.1 Å². The van der Waals surface area contributed by atoms with Crippen LogP contribution in [0.4, 0.5) is 5.82 Å². The molecule has 0 bridgehead atoms. The Hall–Kier alpha value is -3.96. The van der Waals surface area contributed by atoms with Crippen LogP contribution in [0.25, 0.3) is 0 Å². The molecule has 0 radical (unpaired) electrons. The van der Waals surface area contributed by atoms with Gasteiger partial charge in [0, 0.05) is 6.42 Å². The number of hydrogen-bond donors (Lipinski definition) is 0. The molecule has 0 spiro atoms. The van der Waals surface area contributed by atoms with Gasteiger partial charge in [-0.3, -0.25) is 14.2 Å². The summed E-state index contributed by atoms with van der Waals surface area (Å²) in [5, 5.41) is 11.2. The number of carbonyl (C=O) groups excluding carboxylic acids is 3. The maximum Gasteiger partial charge on any atom is 0.381 e. The third-order valence-electron chi connectivity index (χ3n) is 7.34. The van der Waals surface area contributed by atoms with E-state index < -0.39 is 34.5 Å². The van der Waals surface area contributed by atoms with Gasteiger partial charge < -0.3 is 29.2 Å². The number of benzene rings is 1.